The van der Waals surface area contributed by atoms with Gasteiger partial charge in [-0.25, -0.2) is 9.59 Å². The molecule has 2 atom stereocenters. The van der Waals surface area contributed by atoms with E-state index in [0.29, 0.717) is 17.0 Å². The number of fused-ring (bicyclic) bond motifs is 1. The van der Waals surface area contributed by atoms with Gasteiger partial charge in [-0.1, -0.05) is 94.8 Å². The van der Waals surface area contributed by atoms with Gasteiger partial charge in [-0.15, -0.1) is 0 Å². The molecule has 9 heteroatoms. The molecule has 4 aromatic rings. The Morgan fingerprint density at radius 1 is 0.745 bits per heavy atom. The summed E-state index contributed by atoms with van der Waals surface area (Å²) in [5.41, 5.74) is -0.119. The van der Waals surface area contributed by atoms with Crippen LogP contribution in [0, 0.1) is 5.41 Å². The highest BCUT2D eigenvalue weighted by Crippen LogP contribution is 2.59. The lowest BCUT2D eigenvalue weighted by atomic mass is 9.58. The fourth-order valence-electron chi connectivity index (χ4n) is 6.72. The van der Waals surface area contributed by atoms with Gasteiger partial charge in [0.15, 0.2) is 11.6 Å². The SMILES string of the molecule is COC(=O)C1=C(C(=O)OC)N(c2ccc(OC)cc2)C(/C=C/c2ccccc2)C2(C(=O)c3ccccc3C2=O)C1c1ccc(Br)cc1. The number of anilines is 1. The number of methoxy groups -OCH3 is 3. The van der Waals surface area contributed by atoms with Gasteiger partial charge in [-0.05, 0) is 47.5 Å². The summed E-state index contributed by atoms with van der Waals surface area (Å²) in [6.07, 6.45) is 3.56. The molecular formula is C38H30BrNO7. The number of carbonyl (C=O) groups excluding carboxylic acids is 4. The van der Waals surface area contributed by atoms with Crippen molar-refractivity contribution in [2.45, 2.75) is 12.0 Å². The van der Waals surface area contributed by atoms with E-state index < -0.39 is 40.9 Å². The molecule has 1 aliphatic carbocycles. The molecule has 0 bridgehead atoms. The van der Waals surface area contributed by atoms with Gasteiger partial charge in [0.05, 0.1) is 32.9 Å². The predicted molar refractivity (Wildman–Crippen MR) is 180 cm³/mol. The number of Topliss-reactive ketones (excluding diaryl/α,β-unsaturated/α-hetero) is 2. The van der Waals surface area contributed by atoms with E-state index in [2.05, 4.69) is 15.9 Å². The number of hydrogen-bond donors (Lipinski definition) is 0. The van der Waals surface area contributed by atoms with Crippen molar-refractivity contribution in [3.63, 3.8) is 0 Å². The van der Waals surface area contributed by atoms with Crippen LogP contribution < -0.4 is 9.64 Å². The quantitative estimate of drug-likeness (QED) is 0.154. The molecule has 8 nitrogen and oxygen atoms in total. The second-order valence-corrected chi connectivity index (χ2v) is 12.0. The molecule has 47 heavy (non-hydrogen) atoms. The third-order valence-corrected chi connectivity index (χ3v) is 9.29. The lowest BCUT2D eigenvalue weighted by Crippen LogP contribution is -2.61. The molecule has 2 aliphatic rings. The van der Waals surface area contributed by atoms with Gasteiger partial charge in [0.25, 0.3) is 0 Å². The zero-order valence-electron chi connectivity index (χ0n) is 25.8. The molecule has 0 saturated heterocycles. The summed E-state index contributed by atoms with van der Waals surface area (Å²) in [6.45, 7) is 0. The Kier molecular flexibility index (Phi) is 8.66. The predicted octanol–water partition coefficient (Wildman–Crippen LogP) is 6.81. The molecular weight excluding hydrogens is 662 g/mol. The smallest absolute Gasteiger partial charge is 0.355 e. The average Bonchev–Trinajstić information content (AvgIpc) is 3.33. The maximum absolute atomic E-state index is 15.1. The minimum atomic E-state index is -1.95. The van der Waals surface area contributed by atoms with Gasteiger partial charge in [-0.3, -0.25) is 9.59 Å². The molecule has 0 N–H and O–H groups in total. The van der Waals surface area contributed by atoms with Crippen LogP contribution in [0.25, 0.3) is 6.08 Å². The van der Waals surface area contributed by atoms with Crippen molar-refractivity contribution >= 4 is 51.2 Å². The number of hydrogen-bond acceptors (Lipinski definition) is 8. The standard InChI is InChI=1S/C38H30BrNO7/c1-45-27-20-18-26(19-21-27)40-30(22-13-23-9-5-4-6-10-23)38(34(41)28-11-7-8-12-29(28)35(38)42)32(24-14-16-25(39)17-15-24)31(36(43)46-2)33(40)37(44)47-3/h4-22,30,32H,1-3H3/b22-13+. The van der Waals surface area contributed by atoms with Crippen molar-refractivity contribution in [1.82, 2.24) is 0 Å². The zero-order chi connectivity index (χ0) is 33.3. The molecule has 1 aliphatic heterocycles. The van der Waals surface area contributed by atoms with Gasteiger partial charge < -0.3 is 19.1 Å². The van der Waals surface area contributed by atoms with Gasteiger partial charge >= 0.3 is 11.9 Å². The third-order valence-electron chi connectivity index (χ3n) is 8.76. The number of ketones is 2. The summed E-state index contributed by atoms with van der Waals surface area (Å²) in [6, 6.07) is 28.7. The Bertz CT molecular complexity index is 1900. The first kappa shape index (κ1) is 31.7. The van der Waals surface area contributed by atoms with Gasteiger partial charge in [0.1, 0.15) is 16.9 Å². The van der Waals surface area contributed by atoms with E-state index in [1.807, 2.05) is 36.4 Å². The Hall–Kier alpha value is -5.28. The summed E-state index contributed by atoms with van der Waals surface area (Å²) in [7, 11) is 3.94. The van der Waals surface area contributed by atoms with E-state index >= 15 is 9.59 Å². The van der Waals surface area contributed by atoms with Crippen molar-refractivity contribution in [3.8, 4) is 5.75 Å². The van der Waals surface area contributed by atoms with Crippen molar-refractivity contribution in [2.75, 3.05) is 26.2 Å². The minimum absolute atomic E-state index is 0.151. The molecule has 0 aromatic heterocycles. The van der Waals surface area contributed by atoms with Crippen LogP contribution >= 0.6 is 15.9 Å². The molecule has 4 aromatic carbocycles. The number of rotatable bonds is 7. The first-order chi connectivity index (χ1) is 22.8. The summed E-state index contributed by atoms with van der Waals surface area (Å²) in [5.74, 6) is -3.37. The number of ether oxygens (including phenoxy) is 3. The van der Waals surface area contributed by atoms with Crippen LogP contribution in [0.1, 0.15) is 37.8 Å². The third kappa shape index (κ3) is 5.16. The number of carbonyl (C=O) groups is 4. The highest BCUT2D eigenvalue weighted by Gasteiger charge is 2.68. The number of esters is 2. The molecule has 0 amide bonds. The van der Waals surface area contributed by atoms with Crippen molar-refractivity contribution in [2.24, 2.45) is 5.41 Å². The minimum Gasteiger partial charge on any atom is -0.497 e. The number of nitrogens with zero attached hydrogens (tertiary/aromatic N) is 1. The zero-order valence-corrected chi connectivity index (χ0v) is 27.4. The monoisotopic (exact) mass is 691 g/mol. The average molecular weight is 693 g/mol. The molecule has 0 radical (unpaired) electrons. The highest BCUT2D eigenvalue weighted by atomic mass is 79.9. The first-order valence-electron chi connectivity index (χ1n) is 14.8. The van der Waals surface area contributed by atoms with Crippen LogP contribution in [0.2, 0.25) is 0 Å². The fourth-order valence-corrected chi connectivity index (χ4v) is 6.98. The maximum atomic E-state index is 15.1. The number of benzene rings is 4. The van der Waals surface area contributed by atoms with E-state index in [1.54, 1.807) is 83.8 Å². The molecule has 0 saturated carbocycles. The van der Waals surface area contributed by atoms with Crippen LogP contribution in [0.5, 0.6) is 5.75 Å². The second kappa shape index (κ2) is 12.8. The van der Waals surface area contributed by atoms with Crippen molar-refractivity contribution < 1.29 is 33.4 Å². The van der Waals surface area contributed by atoms with E-state index in [-0.39, 0.29) is 22.4 Å². The van der Waals surface area contributed by atoms with Crippen LogP contribution in [-0.2, 0) is 19.1 Å². The van der Waals surface area contributed by atoms with E-state index in [9.17, 15) is 9.59 Å². The molecule has 1 heterocycles. The Morgan fingerprint density at radius 2 is 1.32 bits per heavy atom. The Morgan fingerprint density at radius 3 is 1.87 bits per heavy atom. The summed E-state index contributed by atoms with van der Waals surface area (Å²) < 4.78 is 16.8. The molecule has 236 valence electrons. The first-order valence-corrected chi connectivity index (χ1v) is 15.6. The second-order valence-electron chi connectivity index (χ2n) is 11.1. The molecule has 2 unspecified atom stereocenters. The molecule has 6 rings (SSSR count). The normalized spacial score (nSPS) is 18.4. The van der Waals surface area contributed by atoms with Gasteiger partial charge in [0.2, 0.25) is 0 Å². The van der Waals surface area contributed by atoms with E-state index in [0.717, 1.165) is 10.0 Å². The van der Waals surface area contributed by atoms with Crippen LogP contribution in [0.4, 0.5) is 5.69 Å². The number of halogens is 1. The fraction of sp³-hybridized carbons (Fsp3) is 0.158. The van der Waals surface area contributed by atoms with Crippen molar-refractivity contribution in [1.29, 1.82) is 0 Å². The highest BCUT2D eigenvalue weighted by molar-refractivity contribution is 9.10. The van der Waals surface area contributed by atoms with Gasteiger partial charge in [-0.2, -0.15) is 0 Å². The summed E-state index contributed by atoms with van der Waals surface area (Å²) in [5, 5.41) is 0. The Labute approximate surface area is 280 Å². The van der Waals surface area contributed by atoms with Crippen molar-refractivity contribution in [3.05, 3.63) is 147 Å². The lowest BCUT2D eigenvalue weighted by molar-refractivity contribution is -0.140. The van der Waals surface area contributed by atoms with Crippen LogP contribution in [0.15, 0.2) is 125 Å². The van der Waals surface area contributed by atoms with E-state index in [4.69, 9.17) is 14.2 Å². The van der Waals surface area contributed by atoms with E-state index in [1.165, 1.54) is 21.3 Å². The largest absolute Gasteiger partial charge is 0.497 e. The lowest BCUT2D eigenvalue weighted by Gasteiger charge is -2.50. The van der Waals surface area contributed by atoms with Gasteiger partial charge in [0, 0.05) is 27.2 Å². The topological polar surface area (TPSA) is 99.2 Å². The van der Waals surface area contributed by atoms with Crippen LogP contribution in [0.3, 0.4) is 0 Å². The summed E-state index contributed by atoms with van der Waals surface area (Å²) >= 11 is 3.47. The molecule has 1 spiro atoms. The maximum Gasteiger partial charge on any atom is 0.355 e. The summed E-state index contributed by atoms with van der Waals surface area (Å²) in [4.78, 5) is 59.9. The molecule has 0 fully saturated rings. The Balaban J connectivity index is 1.79. The van der Waals surface area contributed by atoms with Crippen LogP contribution in [-0.4, -0.2) is 50.9 Å².